The van der Waals surface area contributed by atoms with Gasteiger partial charge in [0.15, 0.2) is 0 Å². The zero-order valence-corrected chi connectivity index (χ0v) is 14.4. The largest absolute Gasteiger partial charge is 0.462 e. The van der Waals surface area contributed by atoms with Gasteiger partial charge in [0.2, 0.25) is 0 Å². The molecule has 2 aromatic rings. The van der Waals surface area contributed by atoms with Crippen LogP contribution in [0.1, 0.15) is 37.5 Å². The van der Waals surface area contributed by atoms with Crippen LogP contribution >= 0.6 is 23.2 Å². The van der Waals surface area contributed by atoms with Crippen molar-refractivity contribution in [2.24, 2.45) is 0 Å². The molecule has 0 saturated heterocycles. The summed E-state index contributed by atoms with van der Waals surface area (Å²) in [4.78, 5) is 41.2. The monoisotopic (exact) mass is 378 g/mol. The molecule has 8 heteroatoms. The van der Waals surface area contributed by atoms with Crippen LogP contribution in [0, 0.1) is 0 Å². The normalized spacial score (nSPS) is 13.1. The number of nitrogens with zero attached hydrogens (tertiary/aromatic N) is 2. The number of hydrogen-bond acceptors (Lipinski definition) is 5. The van der Waals surface area contributed by atoms with E-state index >= 15 is 0 Å². The first-order valence-electron chi connectivity index (χ1n) is 7.42. The molecule has 1 aliphatic rings. The number of benzene rings is 1. The summed E-state index contributed by atoms with van der Waals surface area (Å²) in [6.07, 6.45) is 1.59. The summed E-state index contributed by atoms with van der Waals surface area (Å²) in [5.41, 5.74) is 0.966. The van der Waals surface area contributed by atoms with Crippen LogP contribution in [-0.2, 0) is 4.74 Å². The van der Waals surface area contributed by atoms with Crippen LogP contribution in [0.5, 0.6) is 0 Å². The molecule has 3 rings (SSSR count). The Morgan fingerprint density at radius 3 is 2.36 bits per heavy atom. The van der Waals surface area contributed by atoms with Crippen molar-refractivity contribution in [2.45, 2.75) is 6.42 Å². The molecule has 0 radical (unpaired) electrons. The lowest BCUT2D eigenvalue weighted by Gasteiger charge is -2.13. The predicted molar refractivity (Wildman–Crippen MR) is 91.0 cm³/mol. The van der Waals surface area contributed by atoms with E-state index in [9.17, 15) is 14.4 Å². The molecule has 1 aromatic heterocycles. The van der Waals surface area contributed by atoms with Gasteiger partial charge in [0.25, 0.3) is 11.8 Å². The third kappa shape index (κ3) is 3.50. The second kappa shape index (κ2) is 7.21. The highest BCUT2D eigenvalue weighted by Crippen LogP contribution is 2.23. The van der Waals surface area contributed by atoms with Gasteiger partial charge in [0.05, 0.1) is 28.3 Å². The lowest BCUT2D eigenvalue weighted by Crippen LogP contribution is -2.31. The van der Waals surface area contributed by atoms with Gasteiger partial charge >= 0.3 is 5.97 Å². The molecule has 6 nitrogen and oxygen atoms in total. The van der Waals surface area contributed by atoms with Crippen molar-refractivity contribution >= 4 is 41.0 Å². The highest BCUT2D eigenvalue weighted by Gasteiger charge is 2.34. The van der Waals surface area contributed by atoms with Crippen molar-refractivity contribution in [2.75, 3.05) is 13.2 Å². The van der Waals surface area contributed by atoms with Gasteiger partial charge in [-0.3, -0.25) is 14.5 Å². The second-order valence-corrected chi connectivity index (χ2v) is 6.06. The first-order chi connectivity index (χ1) is 12.0. The summed E-state index contributed by atoms with van der Waals surface area (Å²) in [7, 11) is 0. The van der Waals surface area contributed by atoms with Gasteiger partial charge in [-0.15, -0.1) is 0 Å². The van der Waals surface area contributed by atoms with Gasteiger partial charge in [0.1, 0.15) is 5.15 Å². The van der Waals surface area contributed by atoms with Crippen LogP contribution in [0.25, 0.3) is 0 Å². The number of hydrogen-bond donors (Lipinski definition) is 0. The molecule has 0 N–H and O–H groups in total. The zero-order valence-electron chi connectivity index (χ0n) is 12.9. The van der Waals surface area contributed by atoms with Gasteiger partial charge in [-0.2, -0.15) is 0 Å². The molecular weight excluding hydrogens is 367 g/mol. The van der Waals surface area contributed by atoms with Crippen LogP contribution in [0.2, 0.25) is 10.2 Å². The van der Waals surface area contributed by atoms with Gasteiger partial charge < -0.3 is 4.74 Å². The minimum absolute atomic E-state index is 0.0481. The van der Waals surface area contributed by atoms with E-state index < -0.39 is 5.97 Å². The van der Waals surface area contributed by atoms with Crippen molar-refractivity contribution in [3.63, 3.8) is 0 Å². The summed E-state index contributed by atoms with van der Waals surface area (Å²) in [6.45, 7) is 0.214. The summed E-state index contributed by atoms with van der Waals surface area (Å²) in [5.74, 6) is -1.27. The van der Waals surface area contributed by atoms with Crippen molar-refractivity contribution in [3.8, 4) is 0 Å². The molecule has 0 unspecified atom stereocenters. The third-order valence-corrected chi connectivity index (χ3v) is 4.36. The average molecular weight is 379 g/mol. The van der Waals surface area contributed by atoms with E-state index in [2.05, 4.69) is 4.98 Å². The van der Waals surface area contributed by atoms with Crippen LogP contribution in [-0.4, -0.2) is 40.8 Å². The molecule has 1 aromatic carbocycles. The number of fused-ring (bicyclic) bond motifs is 1. The Kier molecular flexibility index (Phi) is 5.01. The van der Waals surface area contributed by atoms with E-state index in [1.807, 2.05) is 0 Å². The zero-order chi connectivity index (χ0) is 18.0. The number of carbonyl (C=O) groups excluding carboxylic acids is 3. The van der Waals surface area contributed by atoms with Crippen molar-refractivity contribution in [1.82, 2.24) is 9.88 Å². The van der Waals surface area contributed by atoms with E-state index in [-0.39, 0.29) is 40.7 Å². The Bertz CT molecular complexity index is 834. The Hall–Kier alpha value is -2.44. The highest BCUT2D eigenvalue weighted by molar-refractivity contribution is 6.41. The molecule has 1 aliphatic heterocycles. The molecule has 2 heterocycles. The Morgan fingerprint density at radius 2 is 1.76 bits per heavy atom. The number of aromatic nitrogens is 1. The maximum atomic E-state index is 12.2. The lowest BCUT2D eigenvalue weighted by molar-refractivity contribution is 0.0482. The number of amides is 2. The fraction of sp³-hybridized carbons (Fsp3) is 0.176. The number of ether oxygens (including phenoxy) is 1. The average Bonchev–Trinajstić information content (AvgIpc) is 2.85. The van der Waals surface area contributed by atoms with Crippen LogP contribution < -0.4 is 0 Å². The molecule has 0 saturated carbocycles. The van der Waals surface area contributed by atoms with Crippen molar-refractivity contribution in [3.05, 3.63) is 63.4 Å². The molecule has 0 atom stereocenters. The maximum Gasteiger partial charge on any atom is 0.339 e. The summed E-state index contributed by atoms with van der Waals surface area (Å²) < 4.78 is 5.10. The van der Waals surface area contributed by atoms with E-state index in [1.165, 1.54) is 12.3 Å². The number of carbonyl (C=O) groups is 3. The van der Waals surface area contributed by atoms with E-state index in [0.29, 0.717) is 17.5 Å². The Balaban J connectivity index is 1.52. The fourth-order valence-corrected chi connectivity index (χ4v) is 2.72. The standard InChI is InChI=1S/C17H12Cl2N2O4/c18-13-8-10(9-20-14(13)19)17(24)25-7-3-6-21-15(22)11-4-1-2-5-12(11)16(21)23/h1-2,4-5,8-9H,3,6-7H2. The molecule has 0 spiro atoms. The number of halogens is 2. The lowest BCUT2D eigenvalue weighted by atomic mass is 10.1. The molecule has 25 heavy (non-hydrogen) atoms. The van der Waals surface area contributed by atoms with Crippen LogP contribution in [0.15, 0.2) is 36.5 Å². The number of pyridine rings is 1. The SMILES string of the molecule is O=C(OCCCN1C(=O)c2ccccc2C1=O)c1cnc(Cl)c(Cl)c1. The first-order valence-corrected chi connectivity index (χ1v) is 8.18. The van der Waals surface area contributed by atoms with Gasteiger partial charge in [-0.05, 0) is 24.6 Å². The third-order valence-electron chi connectivity index (χ3n) is 3.67. The van der Waals surface area contributed by atoms with Gasteiger partial charge in [0, 0.05) is 12.7 Å². The minimum atomic E-state index is -0.603. The summed E-state index contributed by atoms with van der Waals surface area (Å²) >= 11 is 11.5. The quantitative estimate of drug-likeness (QED) is 0.345. The highest BCUT2D eigenvalue weighted by atomic mass is 35.5. The molecule has 128 valence electrons. The van der Waals surface area contributed by atoms with E-state index in [4.69, 9.17) is 27.9 Å². The Morgan fingerprint density at radius 1 is 1.12 bits per heavy atom. The minimum Gasteiger partial charge on any atom is -0.462 e. The molecular formula is C17H12Cl2N2O4. The van der Waals surface area contributed by atoms with Gasteiger partial charge in [-0.25, -0.2) is 9.78 Å². The van der Waals surface area contributed by atoms with E-state index in [0.717, 1.165) is 4.90 Å². The Labute approximate surface area is 153 Å². The van der Waals surface area contributed by atoms with Gasteiger partial charge in [-0.1, -0.05) is 35.3 Å². The van der Waals surface area contributed by atoms with Crippen molar-refractivity contribution < 1.29 is 19.1 Å². The summed E-state index contributed by atoms with van der Waals surface area (Å²) in [6, 6.07) is 8.02. The predicted octanol–water partition coefficient (Wildman–Crippen LogP) is 3.23. The smallest absolute Gasteiger partial charge is 0.339 e. The van der Waals surface area contributed by atoms with Crippen LogP contribution in [0.3, 0.4) is 0 Å². The molecule has 0 aliphatic carbocycles. The maximum absolute atomic E-state index is 12.2. The fourth-order valence-electron chi connectivity index (χ4n) is 2.45. The molecule has 0 bridgehead atoms. The topological polar surface area (TPSA) is 76.6 Å². The van der Waals surface area contributed by atoms with E-state index in [1.54, 1.807) is 24.3 Å². The second-order valence-electron chi connectivity index (χ2n) is 5.29. The number of esters is 1. The molecule has 2 amide bonds. The summed E-state index contributed by atoms with van der Waals surface area (Å²) in [5, 5.41) is 0.256. The number of imide groups is 1. The van der Waals surface area contributed by atoms with Crippen molar-refractivity contribution in [1.29, 1.82) is 0 Å². The first kappa shape index (κ1) is 17.4. The number of rotatable bonds is 5. The molecule has 0 fully saturated rings. The van der Waals surface area contributed by atoms with Crippen LogP contribution in [0.4, 0.5) is 0 Å².